The highest BCUT2D eigenvalue weighted by atomic mass is 79.9. The van der Waals surface area contributed by atoms with Gasteiger partial charge in [-0.3, -0.25) is 29.0 Å². The van der Waals surface area contributed by atoms with Crippen LogP contribution in [0.4, 0.5) is 0 Å². The van der Waals surface area contributed by atoms with Crippen LogP contribution in [0, 0.1) is 0 Å². The summed E-state index contributed by atoms with van der Waals surface area (Å²) in [6.07, 6.45) is 8.76. The third kappa shape index (κ3) is 9.01. The lowest BCUT2D eigenvalue weighted by molar-refractivity contribution is -0.890. The molecule has 4 aromatic carbocycles. The molecule has 0 unspecified atom stereocenters. The number of quaternary nitrogens is 2. The number of rotatable bonds is 17. The number of unbranched alkanes of at least 4 members (excludes halogenated alkanes) is 5. The SMILES string of the molecule is C[N+](C)(CCCCCCCC[N+](C)(C)CCCN1C(=O)c2cccc3cccc(c23)C1=O)CCCN1C(=O)c2cccc3cccc(c23)C1=O.[Br-].[Br-]. The van der Waals surface area contributed by atoms with Gasteiger partial charge in [0.15, 0.2) is 0 Å². The van der Waals surface area contributed by atoms with Crippen molar-refractivity contribution in [3.05, 3.63) is 95.1 Å². The van der Waals surface area contributed by atoms with E-state index >= 15 is 0 Å². The molecule has 0 aromatic heterocycles. The van der Waals surface area contributed by atoms with E-state index in [1.165, 1.54) is 48.3 Å². The first kappa shape index (κ1) is 41.3. The molecule has 278 valence electrons. The van der Waals surface area contributed by atoms with E-state index in [0.717, 1.165) is 69.5 Å². The van der Waals surface area contributed by atoms with E-state index in [1.807, 2.05) is 72.8 Å². The summed E-state index contributed by atoms with van der Waals surface area (Å²) in [5.74, 6) is -0.715. The van der Waals surface area contributed by atoms with E-state index in [9.17, 15) is 19.2 Å². The average Bonchev–Trinajstić information content (AvgIpc) is 3.10. The molecule has 2 aliphatic heterocycles. The van der Waals surface area contributed by atoms with E-state index < -0.39 is 0 Å². The van der Waals surface area contributed by atoms with Crippen molar-refractivity contribution < 1.29 is 62.1 Å². The Kier molecular flexibility index (Phi) is 14.0. The Bertz CT molecular complexity index is 1700. The van der Waals surface area contributed by atoms with Crippen LogP contribution in [-0.2, 0) is 0 Å². The Hall–Kier alpha value is -3.44. The zero-order chi connectivity index (χ0) is 35.5. The van der Waals surface area contributed by atoms with Gasteiger partial charge < -0.3 is 42.9 Å². The van der Waals surface area contributed by atoms with Crippen molar-refractivity contribution in [3.63, 3.8) is 0 Å². The highest BCUT2D eigenvalue weighted by molar-refractivity contribution is 6.26. The minimum atomic E-state index is -0.179. The molecule has 8 nitrogen and oxygen atoms in total. The summed E-state index contributed by atoms with van der Waals surface area (Å²) < 4.78 is 1.76. The quantitative estimate of drug-likeness (QED) is 0.0911. The fourth-order valence-corrected chi connectivity index (χ4v) is 7.89. The van der Waals surface area contributed by atoms with Crippen molar-refractivity contribution in [2.45, 2.75) is 51.4 Å². The van der Waals surface area contributed by atoms with Crippen LogP contribution in [-0.4, -0.2) is 110 Å². The molecule has 0 aliphatic carbocycles. The van der Waals surface area contributed by atoms with Gasteiger partial charge in [-0.15, -0.1) is 0 Å². The van der Waals surface area contributed by atoms with Crippen LogP contribution in [0.3, 0.4) is 0 Å². The van der Waals surface area contributed by atoms with Gasteiger partial charge in [-0.25, -0.2) is 0 Å². The fraction of sp³-hybridized carbons (Fsp3) is 0.429. The van der Waals surface area contributed by atoms with Crippen LogP contribution in [0.1, 0.15) is 92.8 Å². The van der Waals surface area contributed by atoms with Crippen molar-refractivity contribution in [2.75, 3.05) is 67.5 Å². The van der Waals surface area contributed by atoms with E-state index in [4.69, 9.17) is 0 Å². The van der Waals surface area contributed by atoms with Gasteiger partial charge in [-0.05, 0) is 60.7 Å². The van der Waals surface area contributed by atoms with Crippen molar-refractivity contribution in [3.8, 4) is 0 Å². The molecule has 0 bridgehead atoms. The Morgan fingerprint density at radius 1 is 0.404 bits per heavy atom. The van der Waals surface area contributed by atoms with Crippen LogP contribution in [0.5, 0.6) is 0 Å². The third-order valence-electron chi connectivity index (χ3n) is 10.8. The molecular weight excluding hydrogens is 784 g/mol. The summed E-state index contributed by atoms with van der Waals surface area (Å²) in [6, 6.07) is 22.7. The zero-order valence-electron chi connectivity index (χ0n) is 31.0. The molecular formula is C42H52Br2N4O4. The fourth-order valence-electron chi connectivity index (χ4n) is 7.89. The second kappa shape index (κ2) is 17.6. The molecule has 2 heterocycles. The van der Waals surface area contributed by atoms with Gasteiger partial charge in [0, 0.05) is 59.0 Å². The molecule has 4 aromatic rings. The van der Waals surface area contributed by atoms with Crippen molar-refractivity contribution >= 4 is 45.2 Å². The number of halogens is 2. The van der Waals surface area contributed by atoms with Gasteiger partial charge in [0.2, 0.25) is 0 Å². The summed E-state index contributed by atoms with van der Waals surface area (Å²) in [7, 11) is 8.97. The lowest BCUT2D eigenvalue weighted by atomic mass is 9.94. The largest absolute Gasteiger partial charge is 1.00 e. The maximum atomic E-state index is 13.2. The summed E-state index contributed by atoms with van der Waals surface area (Å²) in [5.41, 5.74) is 2.51. The first-order valence-corrected chi connectivity index (χ1v) is 18.4. The number of amides is 4. The number of hydrogen-bond donors (Lipinski definition) is 0. The average molecular weight is 837 g/mol. The number of imide groups is 2. The van der Waals surface area contributed by atoms with E-state index in [0.29, 0.717) is 35.3 Å². The number of carbonyl (C=O) groups excluding carboxylic acids is 4. The van der Waals surface area contributed by atoms with Gasteiger partial charge in [-0.2, -0.15) is 0 Å². The molecule has 0 fully saturated rings. The first-order chi connectivity index (χ1) is 24.0. The maximum absolute atomic E-state index is 13.2. The van der Waals surface area contributed by atoms with Crippen LogP contribution < -0.4 is 34.0 Å². The third-order valence-corrected chi connectivity index (χ3v) is 10.8. The van der Waals surface area contributed by atoms with E-state index in [1.54, 1.807) is 0 Å². The molecule has 0 spiro atoms. The number of benzene rings is 4. The molecule has 6 rings (SSSR count). The highest BCUT2D eigenvalue weighted by Crippen LogP contribution is 2.31. The van der Waals surface area contributed by atoms with Gasteiger partial charge >= 0.3 is 0 Å². The summed E-state index contributed by atoms with van der Waals surface area (Å²) in [4.78, 5) is 55.7. The van der Waals surface area contributed by atoms with Gasteiger partial charge in [-0.1, -0.05) is 61.4 Å². The van der Waals surface area contributed by atoms with Crippen molar-refractivity contribution in [1.82, 2.24) is 9.80 Å². The summed E-state index contributed by atoms with van der Waals surface area (Å²) in [6.45, 7) is 4.88. The molecule has 0 radical (unpaired) electrons. The molecule has 0 saturated heterocycles. The van der Waals surface area contributed by atoms with E-state index in [2.05, 4.69) is 28.2 Å². The number of carbonyl (C=O) groups is 4. The molecule has 0 atom stereocenters. The van der Waals surface area contributed by atoms with Gasteiger partial charge in [0.05, 0.1) is 54.4 Å². The molecule has 4 amide bonds. The van der Waals surface area contributed by atoms with Crippen LogP contribution in [0.25, 0.3) is 21.5 Å². The predicted molar refractivity (Wildman–Crippen MR) is 199 cm³/mol. The standard InChI is InChI=1S/C42H52N4O4.2BrH/c1-45(2,29-15-25-43-39(47)33-21-11-17-31-18-12-22-34(37(31)33)40(43)48)27-9-7-5-6-8-10-28-46(3,4)30-16-26-44-41(49)35-23-13-19-32-20-14-24-36(38(32)35)42(44)50;;/h11-14,17-24H,5-10,15-16,25-30H2,1-4H3;2*1H/q+2;;/p-2. The van der Waals surface area contributed by atoms with Crippen molar-refractivity contribution in [1.29, 1.82) is 0 Å². The smallest absolute Gasteiger partial charge is 0.261 e. The predicted octanol–water partition coefficient (Wildman–Crippen LogP) is 1.17. The zero-order valence-corrected chi connectivity index (χ0v) is 34.2. The lowest BCUT2D eigenvalue weighted by Crippen LogP contribution is -3.00. The van der Waals surface area contributed by atoms with Crippen LogP contribution >= 0.6 is 0 Å². The van der Waals surface area contributed by atoms with Crippen LogP contribution in [0.15, 0.2) is 72.8 Å². The lowest BCUT2D eigenvalue weighted by Gasteiger charge is -2.32. The van der Waals surface area contributed by atoms with Crippen molar-refractivity contribution in [2.24, 2.45) is 0 Å². The normalized spacial score (nSPS) is 14.2. The maximum Gasteiger partial charge on any atom is 0.261 e. The van der Waals surface area contributed by atoms with Gasteiger partial charge in [0.1, 0.15) is 0 Å². The monoisotopic (exact) mass is 834 g/mol. The Balaban J connectivity index is 0.00000302. The summed E-state index contributed by atoms with van der Waals surface area (Å²) in [5, 5.41) is 3.44. The Morgan fingerprint density at radius 2 is 0.673 bits per heavy atom. The van der Waals surface area contributed by atoms with Gasteiger partial charge in [0.25, 0.3) is 23.6 Å². The van der Waals surface area contributed by atoms with E-state index in [-0.39, 0.29) is 57.6 Å². The molecule has 0 saturated carbocycles. The second-order valence-corrected chi connectivity index (χ2v) is 15.5. The summed E-state index contributed by atoms with van der Waals surface area (Å²) >= 11 is 0. The second-order valence-electron chi connectivity index (χ2n) is 15.5. The molecule has 10 heteroatoms. The topological polar surface area (TPSA) is 74.8 Å². The Labute approximate surface area is 329 Å². The number of hydrogen-bond acceptors (Lipinski definition) is 4. The van der Waals surface area contributed by atoms with Crippen LogP contribution in [0.2, 0.25) is 0 Å². The first-order valence-electron chi connectivity index (χ1n) is 18.4. The Morgan fingerprint density at radius 3 is 0.981 bits per heavy atom. The molecule has 52 heavy (non-hydrogen) atoms. The molecule has 0 N–H and O–H groups in total. The minimum Gasteiger partial charge on any atom is -1.00 e. The number of nitrogens with zero attached hydrogens (tertiary/aromatic N) is 4. The highest BCUT2D eigenvalue weighted by Gasteiger charge is 2.34. The minimum absolute atomic E-state index is 0. The molecule has 2 aliphatic rings.